The number of rotatable bonds is 3. The topological polar surface area (TPSA) is 54.9 Å². The van der Waals surface area contributed by atoms with Gasteiger partial charge in [-0.05, 0) is 24.8 Å². The van der Waals surface area contributed by atoms with Gasteiger partial charge in [0.2, 0.25) is 5.88 Å². The van der Waals surface area contributed by atoms with Gasteiger partial charge < -0.3 is 14.4 Å². The molecule has 6 heteroatoms. The number of aromatic nitrogens is 1. The van der Waals surface area contributed by atoms with E-state index in [1.165, 1.54) is 12.8 Å². The average molecular weight is 367 g/mol. The molecule has 0 unspecified atom stereocenters. The molecule has 3 heterocycles. The smallest absolute Gasteiger partial charge is 0.254 e. The molecule has 6 nitrogen and oxygen atoms in total. The maximum Gasteiger partial charge on any atom is 0.254 e. The zero-order valence-corrected chi connectivity index (χ0v) is 15.6. The molecule has 3 fully saturated rings. The van der Waals surface area contributed by atoms with E-state index >= 15 is 0 Å². The molecule has 2 aromatic rings. The van der Waals surface area contributed by atoms with Crippen LogP contribution >= 0.6 is 0 Å². The molecular formula is C21H25N3O3. The van der Waals surface area contributed by atoms with Gasteiger partial charge in [-0.15, -0.1) is 0 Å². The predicted octanol–water partition coefficient (Wildman–Crippen LogP) is 2.18. The number of amides is 1. The van der Waals surface area contributed by atoms with Crippen LogP contribution in [0.3, 0.4) is 0 Å². The molecule has 1 aliphatic carbocycles. The fourth-order valence-corrected chi connectivity index (χ4v) is 4.55. The highest BCUT2D eigenvalue weighted by Crippen LogP contribution is 2.38. The summed E-state index contributed by atoms with van der Waals surface area (Å²) in [6.45, 7) is 3.98. The van der Waals surface area contributed by atoms with E-state index in [4.69, 9.17) is 9.47 Å². The maximum absolute atomic E-state index is 13.4. The molecule has 1 saturated carbocycles. The first-order chi connectivity index (χ1) is 13.2. The summed E-state index contributed by atoms with van der Waals surface area (Å²) in [7, 11) is 1.58. The lowest BCUT2D eigenvalue weighted by molar-refractivity contribution is -0.0816. The first-order valence-corrected chi connectivity index (χ1v) is 9.81. The summed E-state index contributed by atoms with van der Waals surface area (Å²) in [5, 5.41) is 0.876. The number of ether oxygens (including phenoxy) is 2. The van der Waals surface area contributed by atoms with Crippen molar-refractivity contribution in [2.45, 2.75) is 24.9 Å². The number of fused-ring (bicyclic) bond motifs is 2. The van der Waals surface area contributed by atoms with E-state index in [9.17, 15) is 4.79 Å². The minimum Gasteiger partial charge on any atom is -0.481 e. The lowest BCUT2D eigenvalue weighted by Crippen LogP contribution is -2.63. The molecule has 1 aromatic carbocycles. The van der Waals surface area contributed by atoms with Crippen molar-refractivity contribution in [3.63, 3.8) is 0 Å². The van der Waals surface area contributed by atoms with E-state index in [2.05, 4.69) is 9.88 Å². The van der Waals surface area contributed by atoms with E-state index in [0.29, 0.717) is 30.1 Å². The van der Waals surface area contributed by atoms with Crippen LogP contribution < -0.4 is 4.74 Å². The van der Waals surface area contributed by atoms with Crippen molar-refractivity contribution in [2.24, 2.45) is 5.92 Å². The molecule has 142 valence electrons. The van der Waals surface area contributed by atoms with Gasteiger partial charge in [0, 0.05) is 37.1 Å². The molecular weight excluding hydrogens is 342 g/mol. The molecule has 2 saturated heterocycles. The van der Waals surface area contributed by atoms with Gasteiger partial charge in [0.25, 0.3) is 5.91 Å². The minimum absolute atomic E-state index is 0.0556. The van der Waals surface area contributed by atoms with Crippen molar-refractivity contribution in [1.29, 1.82) is 0 Å². The summed E-state index contributed by atoms with van der Waals surface area (Å²) in [6.07, 6.45) is 2.64. The molecule has 1 aromatic heterocycles. The fraction of sp³-hybridized carbons (Fsp3) is 0.524. The quantitative estimate of drug-likeness (QED) is 0.832. The Bertz CT molecular complexity index is 867. The monoisotopic (exact) mass is 367 g/mol. The standard InChI is InChI=1S/C21H25N3O3/c1-26-20-10-17(16-4-2-3-5-18(16)22-20)21(25)23-8-9-24-15(11-23)12-27-13-19(24)14-6-7-14/h2-5,10,14-15,19H,6-9,11-13H2,1H3/t15-,19-/m1/s1. The van der Waals surface area contributed by atoms with Crippen LogP contribution in [-0.4, -0.2) is 72.7 Å². The zero-order valence-electron chi connectivity index (χ0n) is 15.6. The summed E-state index contributed by atoms with van der Waals surface area (Å²) < 4.78 is 11.2. The number of methoxy groups -OCH3 is 1. The van der Waals surface area contributed by atoms with Crippen LogP contribution in [0, 0.1) is 5.92 Å². The number of piperazine rings is 1. The number of hydrogen-bond donors (Lipinski definition) is 0. The number of morpholine rings is 1. The van der Waals surface area contributed by atoms with Crippen LogP contribution in [0.4, 0.5) is 0 Å². The summed E-state index contributed by atoms with van der Waals surface area (Å²) in [5.41, 5.74) is 1.45. The largest absolute Gasteiger partial charge is 0.481 e. The van der Waals surface area contributed by atoms with Gasteiger partial charge in [0.15, 0.2) is 0 Å². The number of pyridine rings is 1. The second-order valence-corrected chi connectivity index (χ2v) is 7.81. The Morgan fingerprint density at radius 1 is 1.22 bits per heavy atom. The van der Waals surface area contributed by atoms with E-state index in [0.717, 1.165) is 43.1 Å². The Labute approximate surface area is 159 Å². The number of carbonyl (C=O) groups excluding carboxylic acids is 1. The van der Waals surface area contributed by atoms with E-state index in [1.54, 1.807) is 13.2 Å². The van der Waals surface area contributed by atoms with E-state index in [1.807, 2.05) is 29.2 Å². The van der Waals surface area contributed by atoms with Crippen molar-refractivity contribution in [3.05, 3.63) is 35.9 Å². The number of hydrogen-bond acceptors (Lipinski definition) is 5. The van der Waals surface area contributed by atoms with Crippen molar-refractivity contribution in [2.75, 3.05) is 40.0 Å². The van der Waals surface area contributed by atoms with E-state index < -0.39 is 0 Å². The van der Waals surface area contributed by atoms with Crippen LogP contribution in [0.5, 0.6) is 5.88 Å². The number of nitrogens with zero attached hydrogens (tertiary/aromatic N) is 3. The van der Waals surface area contributed by atoms with Gasteiger partial charge in [0.05, 0.1) is 37.4 Å². The third-order valence-electron chi connectivity index (χ3n) is 6.14. The molecule has 3 aliphatic rings. The van der Waals surface area contributed by atoms with Crippen LogP contribution in [0.15, 0.2) is 30.3 Å². The molecule has 2 atom stereocenters. The Morgan fingerprint density at radius 3 is 2.89 bits per heavy atom. The molecule has 0 N–H and O–H groups in total. The van der Waals surface area contributed by atoms with Gasteiger partial charge in [-0.3, -0.25) is 9.69 Å². The van der Waals surface area contributed by atoms with Gasteiger partial charge >= 0.3 is 0 Å². The highest BCUT2D eigenvalue weighted by Gasteiger charge is 2.43. The summed E-state index contributed by atoms with van der Waals surface area (Å²) in [5.74, 6) is 1.33. The Kier molecular flexibility index (Phi) is 4.25. The van der Waals surface area contributed by atoms with Gasteiger partial charge in [-0.1, -0.05) is 18.2 Å². The maximum atomic E-state index is 13.4. The summed E-state index contributed by atoms with van der Waals surface area (Å²) in [4.78, 5) is 22.4. The second-order valence-electron chi connectivity index (χ2n) is 7.81. The summed E-state index contributed by atoms with van der Waals surface area (Å²) >= 11 is 0. The third-order valence-corrected chi connectivity index (χ3v) is 6.14. The summed E-state index contributed by atoms with van der Waals surface area (Å²) in [6, 6.07) is 10.4. The van der Waals surface area contributed by atoms with Gasteiger partial charge in [-0.2, -0.15) is 0 Å². The molecule has 2 aliphatic heterocycles. The molecule has 0 radical (unpaired) electrons. The zero-order chi connectivity index (χ0) is 18.4. The molecule has 5 rings (SSSR count). The second kappa shape index (κ2) is 6.77. The lowest BCUT2D eigenvalue weighted by Gasteiger charge is -2.48. The first-order valence-electron chi connectivity index (χ1n) is 9.81. The fourth-order valence-electron chi connectivity index (χ4n) is 4.55. The normalized spacial score (nSPS) is 26.0. The average Bonchev–Trinajstić information content (AvgIpc) is 3.56. The number of carbonyl (C=O) groups is 1. The molecule has 0 bridgehead atoms. The minimum atomic E-state index is 0.0556. The van der Waals surface area contributed by atoms with Gasteiger partial charge in [0.1, 0.15) is 0 Å². The number of para-hydroxylation sites is 1. The first kappa shape index (κ1) is 17.0. The van der Waals surface area contributed by atoms with Crippen LogP contribution in [0.2, 0.25) is 0 Å². The van der Waals surface area contributed by atoms with Crippen molar-refractivity contribution in [1.82, 2.24) is 14.8 Å². The van der Waals surface area contributed by atoms with Crippen LogP contribution in [0.1, 0.15) is 23.2 Å². The van der Waals surface area contributed by atoms with Crippen LogP contribution in [-0.2, 0) is 4.74 Å². The lowest BCUT2D eigenvalue weighted by atomic mass is 10.0. The van der Waals surface area contributed by atoms with E-state index in [-0.39, 0.29) is 5.91 Å². The Hall–Kier alpha value is -2.18. The predicted molar refractivity (Wildman–Crippen MR) is 102 cm³/mol. The Balaban J connectivity index is 1.41. The van der Waals surface area contributed by atoms with Crippen molar-refractivity contribution >= 4 is 16.8 Å². The van der Waals surface area contributed by atoms with Crippen molar-refractivity contribution in [3.8, 4) is 5.88 Å². The van der Waals surface area contributed by atoms with Crippen LogP contribution in [0.25, 0.3) is 10.9 Å². The molecule has 1 amide bonds. The SMILES string of the molecule is COc1cc(C(=O)N2CCN3[C@@H](COC[C@@H]3C3CC3)C2)c2ccccc2n1. The highest BCUT2D eigenvalue weighted by atomic mass is 16.5. The highest BCUT2D eigenvalue weighted by molar-refractivity contribution is 6.06. The van der Waals surface area contributed by atoms with Gasteiger partial charge in [-0.25, -0.2) is 4.98 Å². The van der Waals surface area contributed by atoms with Crippen molar-refractivity contribution < 1.29 is 14.3 Å². The Morgan fingerprint density at radius 2 is 2.07 bits per heavy atom. The molecule has 27 heavy (non-hydrogen) atoms. The number of benzene rings is 1. The molecule has 0 spiro atoms. The third kappa shape index (κ3) is 3.07.